The summed E-state index contributed by atoms with van der Waals surface area (Å²) in [6, 6.07) is 4.04. The second kappa shape index (κ2) is 7.25. The van der Waals surface area contributed by atoms with Crippen molar-refractivity contribution in [3.63, 3.8) is 0 Å². The molecule has 3 aliphatic rings. The van der Waals surface area contributed by atoms with Crippen molar-refractivity contribution < 1.29 is 23.5 Å². The number of nitrogens with one attached hydrogen (secondary N) is 1. The van der Waals surface area contributed by atoms with Gasteiger partial charge < -0.3 is 14.8 Å². The van der Waals surface area contributed by atoms with Crippen LogP contribution in [0.2, 0.25) is 5.02 Å². The van der Waals surface area contributed by atoms with E-state index in [4.69, 9.17) is 21.1 Å². The number of hydrogen-bond donors (Lipinski definition) is 1. The SMILES string of the molecule is COc1nc(C)c(C(=O)CC23CC(NC(=O)COc4ccc(Cl)c(F)c4)(C2)C3)s1. The summed E-state index contributed by atoms with van der Waals surface area (Å²) in [5, 5.41) is 3.49. The monoisotopic (exact) mass is 438 g/mol. The number of hydrogen-bond acceptors (Lipinski definition) is 6. The number of aryl methyl sites for hydroxylation is 1. The van der Waals surface area contributed by atoms with Crippen molar-refractivity contribution in [2.24, 2.45) is 5.41 Å². The van der Waals surface area contributed by atoms with E-state index in [1.54, 1.807) is 0 Å². The lowest BCUT2D eigenvalue weighted by molar-refractivity contribution is -0.164. The van der Waals surface area contributed by atoms with Gasteiger partial charge in [0.25, 0.3) is 11.1 Å². The minimum Gasteiger partial charge on any atom is -0.484 e. The molecule has 0 atom stereocenters. The van der Waals surface area contributed by atoms with Gasteiger partial charge in [-0.2, -0.15) is 0 Å². The second-order valence-corrected chi connectivity index (χ2v) is 9.29. The van der Waals surface area contributed by atoms with Gasteiger partial charge in [-0.15, -0.1) is 0 Å². The Hall–Kier alpha value is -2.19. The van der Waals surface area contributed by atoms with E-state index in [-0.39, 0.29) is 40.0 Å². The maximum Gasteiger partial charge on any atom is 0.273 e. The van der Waals surface area contributed by atoms with Crippen LogP contribution < -0.4 is 14.8 Å². The number of methoxy groups -OCH3 is 1. The Labute approximate surface area is 176 Å². The molecule has 0 unspecified atom stereocenters. The summed E-state index contributed by atoms with van der Waals surface area (Å²) in [7, 11) is 1.53. The van der Waals surface area contributed by atoms with Crippen LogP contribution in [-0.2, 0) is 4.79 Å². The number of aromatic nitrogens is 1. The van der Waals surface area contributed by atoms with Crippen LogP contribution in [0.15, 0.2) is 18.2 Å². The van der Waals surface area contributed by atoms with Crippen LogP contribution in [-0.4, -0.2) is 35.9 Å². The molecule has 6 nitrogen and oxygen atoms in total. The number of ether oxygens (including phenoxy) is 2. The number of amides is 1. The van der Waals surface area contributed by atoms with E-state index in [1.807, 2.05) is 6.92 Å². The third-order valence-electron chi connectivity index (χ3n) is 5.55. The summed E-state index contributed by atoms with van der Waals surface area (Å²) < 4.78 is 23.8. The van der Waals surface area contributed by atoms with Gasteiger partial charge in [0.1, 0.15) is 11.6 Å². The van der Waals surface area contributed by atoms with E-state index < -0.39 is 5.82 Å². The van der Waals surface area contributed by atoms with Crippen molar-refractivity contribution in [2.45, 2.75) is 38.1 Å². The molecule has 5 rings (SSSR count). The number of halogens is 2. The summed E-state index contributed by atoms with van der Waals surface area (Å²) in [4.78, 5) is 29.7. The first kappa shape index (κ1) is 20.1. The Bertz CT molecular complexity index is 973. The molecule has 0 saturated heterocycles. The zero-order valence-corrected chi connectivity index (χ0v) is 17.6. The first-order valence-corrected chi connectivity index (χ1v) is 10.4. The van der Waals surface area contributed by atoms with Gasteiger partial charge in [0, 0.05) is 18.0 Å². The lowest BCUT2D eigenvalue weighted by Crippen LogP contribution is -2.75. The molecule has 29 heavy (non-hydrogen) atoms. The standard InChI is InChI=1S/C20H20ClFN2O4S/c1-11-17(29-18(23-11)27-2)15(25)6-19-8-20(9-19,10-19)24-16(26)7-28-12-3-4-13(21)14(22)5-12/h3-5H,6-10H2,1-2H3,(H,24,26). The second-order valence-electron chi connectivity index (χ2n) is 7.92. The van der Waals surface area contributed by atoms with Crippen LogP contribution in [0, 0.1) is 18.2 Å². The number of benzene rings is 1. The number of rotatable bonds is 8. The fourth-order valence-corrected chi connectivity index (χ4v) is 5.44. The van der Waals surface area contributed by atoms with Gasteiger partial charge in [0.05, 0.1) is 22.7 Å². The van der Waals surface area contributed by atoms with Crippen LogP contribution in [0.3, 0.4) is 0 Å². The van der Waals surface area contributed by atoms with Crippen molar-refractivity contribution >= 4 is 34.6 Å². The maximum absolute atomic E-state index is 13.4. The number of carbonyl (C=O) groups excluding carboxylic acids is 2. The molecule has 3 fully saturated rings. The predicted octanol–water partition coefficient (Wildman–Crippen LogP) is 3.94. The van der Waals surface area contributed by atoms with Crippen LogP contribution in [0.1, 0.15) is 41.0 Å². The van der Waals surface area contributed by atoms with Gasteiger partial charge in [-0.3, -0.25) is 9.59 Å². The van der Waals surface area contributed by atoms with Gasteiger partial charge in [-0.25, -0.2) is 9.37 Å². The molecule has 0 spiro atoms. The van der Waals surface area contributed by atoms with Gasteiger partial charge in [0.15, 0.2) is 12.4 Å². The lowest BCUT2D eigenvalue weighted by Gasteiger charge is -2.70. The molecule has 1 aromatic carbocycles. The zero-order chi connectivity index (χ0) is 20.8. The van der Waals surface area contributed by atoms with Gasteiger partial charge in [0.2, 0.25) is 0 Å². The van der Waals surface area contributed by atoms with E-state index >= 15 is 0 Å². The molecule has 2 bridgehead atoms. The highest BCUT2D eigenvalue weighted by Crippen LogP contribution is 2.69. The Balaban J connectivity index is 1.25. The normalized spacial score (nSPS) is 24.3. The van der Waals surface area contributed by atoms with Crippen LogP contribution in [0.5, 0.6) is 10.9 Å². The van der Waals surface area contributed by atoms with Crippen molar-refractivity contribution in [2.75, 3.05) is 13.7 Å². The molecular formula is C20H20ClFN2O4S. The highest BCUT2D eigenvalue weighted by atomic mass is 35.5. The van der Waals surface area contributed by atoms with E-state index in [2.05, 4.69) is 10.3 Å². The fourth-order valence-electron chi connectivity index (χ4n) is 4.50. The highest BCUT2D eigenvalue weighted by molar-refractivity contribution is 7.15. The Morgan fingerprint density at radius 1 is 1.34 bits per heavy atom. The Morgan fingerprint density at radius 2 is 2.07 bits per heavy atom. The molecule has 154 valence electrons. The number of nitrogens with zero attached hydrogens (tertiary/aromatic N) is 1. The first-order chi connectivity index (χ1) is 13.7. The minimum absolute atomic E-state index is 0.00230. The quantitative estimate of drug-likeness (QED) is 0.631. The Kier molecular flexibility index (Phi) is 5.02. The molecule has 1 aromatic heterocycles. The van der Waals surface area contributed by atoms with Crippen molar-refractivity contribution in [1.29, 1.82) is 0 Å². The van der Waals surface area contributed by atoms with E-state index in [0.717, 1.165) is 25.3 Å². The summed E-state index contributed by atoms with van der Waals surface area (Å²) in [6.07, 6.45) is 2.80. The van der Waals surface area contributed by atoms with Gasteiger partial charge >= 0.3 is 0 Å². The van der Waals surface area contributed by atoms with Crippen molar-refractivity contribution in [1.82, 2.24) is 10.3 Å². The summed E-state index contributed by atoms with van der Waals surface area (Å²) >= 11 is 6.90. The molecule has 3 aliphatic carbocycles. The number of Topliss-reactive ketones (excluding diaryl/α,β-unsaturated/α-hetero) is 1. The van der Waals surface area contributed by atoms with Crippen molar-refractivity contribution in [3.05, 3.63) is 39.6 Å². The van der Waals surface area contributed by atoms with E-state index in [1.165, 1.54) is 30.6 Å². The summed E-state index contributed by atoms with van der Waals surface area (Å²) in [5.74, 6) is -0.527. The third kappa shape index (κ3) is 3.83. The molecule has 2 aromatic rings. The molecule has 1 N–H and O–H groups in total. The number of ketones is 1. The van der Waals surface area contributed by atoms with E-state index in [0.29, 0.717) is 22.2 Å². The molecule has 1 amide bonds. The largest absolute Gasteiger partial charge is 0.484 e. The number of carbonyl (C=O) groups is 2. The molecule has 0 aliphatic heterocycles. The average molecular weight is 439 g/mol. The Morgan fingerprint density at radius 3 is 2.69 bits per heavy atom. The zero-order valence-electron chi connectivity index (χ0n) is 16.0. The minimum atomic E-state index is -0.593. The topological polar surface area (TPSA) is 77.5 Å². The van der Waals surface area contributed by atoms with Gasteiger partial charge in [-0.1, -0.05) is 22.9 Å². The smallest absolute Gasteiger partial charge is 0.273 e. The number of thiazole rings is 1. The van der Waals surface area contributed by atoms with Crippen LogP contribution in [0.25, 0.3) is 0 Å². The molecule has 1 heterocycles. The third-order valence-corrected chi connectivity index (χ3v) is 7.01. The average Bonchev–Trinajstić information content (AvgIpc) is 3.01. The summed E-state index contributed by atoms with van der Waals surface area (Å²) in [5.41, 5.74) is 0.419. The molecular weight excluding hydrogens is 419 g/mol. The van der Waals surface area contributed by atoms with Gasteiger partial charge in [-0.05, 0) is 43.7 Å². The molecule has 3 saturated carbocycles. The molecule has 0 radical (unpaired) electrons. The highest BCUT2D eigenvalue weighted by Gasteiger charge is 2.68. The fraction of sp³-hybridized carbons (Fsp3) is 0.450. The molecule has 9 heteroatoms. The summed E-state index contributed by atoms with van der Waals surface area (Å²) in [6.45, 7) is 1.61. The van der Waals surface area contributed by atoms with Crippen LogP contribution >= 0.6 is 22.9 Å². The van der Waals surface area contributed by atoms with Crippen LogP contribution in [0.4, 0.5) is 4.39 Å². The van der Waals surface area contributed by atoms with Crippen molar-refractivity contribution in [3.8, 4) is 10.9 Å². The maximum atomic E-state index is 13.4. The lowest BCUT2D eigenvalue weighted by atomic mass is 9.38. The first-order valence-electron chi connectivity index (χ1n) is 9.17. The van der Waals surface area contributed by atoms with E-state index in [9.17, 15) is 14.0 Å². The predicted molar refractivity (Wildman–Crippen MR) is 106 cm³/mol.